The molecule has 0 bridgehead atoms. The van der Waals surface area contributed by atoms with Crippen LogP contribution >= 0.6 is 0 Å². The van der Waals surface area contributed by atoms with Gasteiger partial charge in [0.15, 0.2) is 5.78 Å². The van der Waals surface area contributed by atoms with Crippen LogP contribution in [0.3, 0.4) is 0 Å². The number of allylic oxidation sites excluding steroid dienone is 1. The third kappa shape index (κ3) is 1.71. The second-order valence-corrected chi connectivity index (χ2v) is 3.90. The number of ketones is 1. The van der Waals surface area contributed by atoms with E-state index in [1.807, 2.05) is 6.92 Å². The molecule has 4 heteroatoms. The van der Waals surface area contributed by atoms with Crippen molar-refractivity contribution in [3.05, 3.63) is 41.0 Å². The standard InChI is InChI=1S/C13H13NO3/c1-2-5-10(14-17)11-12(15)8-6-3-4-7-9(8)13(11)16/h3-4,6-7,15,17H,2,5H2,1H3. The quantitative estimate of drug-likeness (QED) is 0.477. The van der Waals surface area contributed by atoms with E-state index in [0.717, 1.165) is 6.42 Å². The number of carbonyl (C=O) groups is 1. The Morgan fingerprint density at radius 3 is 2.47 bits per heavy atom. The highest BCUT2D eigenvalue weighted by Gasteiger charge is 2.32. The van der Waals surface area contributed by atoms with Crippen molar-refractivity contribution in [2.24, 2.45) is 5.16 Å². The Bertz CT molecular complexity index is 529. The highest BCUT2D eigenvalue weighted by molar-refractivity contribution is 6.35. The van der Waals surface area contributed by atoms with Crippen LogP contribution in [0.15, 0.2) is 35.0 Å². The summed E-state index contributed by atoms with van der Waals surface area (Å²) in [5, 5.41) is 22.1. The number of oxime groups is 1. The average molecular weight is 231 g/mol. The summed E-state index contributed by atoms with van der Waals surface area (Å²) in [7, 11) is 0. The molecule has 0 spiro atoms. The lowest BCUT2D eigenvalue weighted by Crippen LogP contribution is -2.10. The van der Waals surface area contributed by atoms with Gasteiger partial charge in [0.1, 0.15) is 5.76 Å². The van der Waals surface area contributed by atoms with E-state index in [1.54, 1.807) is 24.3 Å². The van der Waals surface area contributed by atoms with Gasteiger partial charge in [-0.25, -0.2) is 0 Å². The summed E-state index contributed by atoms with van der Waals surface area (Å²) in [6.07, 6.45) is 1.19. The summed E-state index contributed by atoms with van der Waals surface area (Å²) in [6, 6.07) is 6.82. The van der Waals surface area contributed by atoms with Crippen molar-refractivity contribution in [1.82, 2.24) is 0 Å². The van der Waals surface area contributed by atoms with Crippen LogP contribution in [0.2, 0.25) is 0 Å². The lowest BCUT2D eigenvalue weighted by atomic mass is 10.0. The number of benzene rings is 1. The van der Waals surface area contributed by atoms with Crippen LogP contribution in [0.1, 0.15) is 35.7 Å². The first kappa shape index (κ1) is 11.4. The summed E-state index contributed by atoms with van der Waals surface area (Å²) in [6.45, 7) is 1.91. The molecule has 0 heterocycles. The molecule has 88 valence electrons. The molecule has 0 saturated carbocycles. The van der Waals surface area contributed by atoms with E-state index in [9.17, 15) is 9.90 Å². The Morgan fingerprint density at radius 1 is 1.29 bits per heavy atom. The molecule has 2 N–H and O–H groups in total. The van der Waals surface area contributed by atoms with Crippen LogP contribution in [0.4, 0.5) is 0 Å². The molecule has 0 radical (unpaired) electrons. The molecule has 0 aromatic heterocycles. The van der Waals surface area contributed by atoms with Crippen molar-refractivity contribution in [2.45, 2.75) is 19.8 Å². The summed E-state index contributed by atoms with van der Waals surface area (Å²) >= 11 is 0. The fourth-order valence-electron chi connectivity index (χ4n) is 1.99. The summed E-state index contributed by atoms with van der Waals surface area (Å²) < 4.78 is 0. The van der Waals surface area contributed by atoms with Crippen molar-refractivity contribution >= 4 is 17.3 Å². The molecule has 0 atom stereocenters. The highest BCUT2D eigenvalue weighted by Crippen LogP contribution is 2.32. The van der Waals surface area contributed by atoms with Gasteiger partial charge >= 0.3 is 0 Å². The number of Topliss-reactive ketones (excluding diaryl/α,β-unsaturated/α-hetero) is 1. The van der Waals surface area contributed by atoms with Crippen LogP contribution in [0.25, 0.3) is 5.76 Å². The third-order valence-corrected chi connectivity index (χ3v) is 2.79. The molecule has 1 aromatic carbocycles. The van der Waals surface area contributed by atoms with Gasteiger partial charge in [0.25, 0.3) is 0 Å². The minimum Gasteiger partial charge on any atom is -0.506 e. The first-order valence-corrected chi connectivity index (χ1v) is 5.49. The molecule has 0 fully saturated rings. The Hall–Kier alpha value is -2.10. The molecule has 2 rings (SSSR count). The minimum atomic E-state index is -0.278. The van der Waals surface area contributed by atoms with Crippen molar-refractivity contribution < 1.29 is 15.1 Å². The van der Waals surface area contributed by atoms with Crippen molar-refractivity contribution in [1.29, 1.82) is 0 Å². The van der Waals surface area contributed by atoms with E-state index in [4.69, 9.17) is 5.21 Å². The van der Waals surface area contributed by atoms with Crippen LogP contribution in [0.5, 0.6) is 0 Å². The first-order valence-electron chi connectivity index (χ1n) is 5.49. The zero-order valence-electron chi connectivity index (χ0n) is 9.47. The zero-order chi connectivity index (χ0) is 12.4. The van der Waals surface area contributed by atoms with Crippen LogP contribution < -0.4 is 0 Å². The monoisotopic (exact) mass is 231 g/mol. The van der Waals surface area contributed by atoms with E-state index in [1.165, 1.54) is 0 Å². The Kier molecular flexibility index (Phi) is 2.95. The topological polar surface area (TPSA) is 69.9 Å². The SMILES string of the molecule is CCCC(=NO)C1=C(O)c2ccccc2C1=O. The van der Waals surface area contributed by atoms with Crippen LogP contribution in [-0.4, -0.2) is 21.8 Å². The second-order valence-electron chi connectivity index (χ2n) is 3.90. The Labute approximate surface area is 98.9 Å². The molecule has 1 aliphatic carbocycles. The first-order chi connectivity index (χ1) is 8.20. The summed E-state index contributed by atoms with van der Waals surface area (Å²) in [4.78, 5) is 12.1. The number of carbonyl (C=O) groups excluding carboxylic acids is 1. The normalized spacial score (nSPS) is 15.4. The number of hydrogen-bond acceptors (Lipinski definition) is 4. The van der Waals surface area contributed by atoms with Crippen molar-refractivity contribution in [3.63, 3.8) is 0 Å². The van der Waals surface area contributed by atoms with Gasteiger partial charge in [-0.15, -0.1) is 0 Å². The smallest absolute Gasteiger partial charge is 0.199 e. The molecule has 0 saturated heterocycles. The maximum atomic E-state index is 12.1. The molecule has 1 aliphatic rings. The molecule has 1 aromatic rings. The number of rotatable bonds is 3. The number of fused-ring (bicyclic) bond motifs is 1. The van der Waals surface area contributed by atoms with E-state index < -0.39 is 0 Å². The van der Waals surface area contributed by atoms with Gasteiger partial charge in [0.05, 0.1) is 11.3 Å². The van der Waals surface area contributed by atoms with Gasteiger partial charge in [-0.2, -0.15) is 0 Å². The van der Waals surface area contributed by atoms with Gasteiger partial charge in [0.2, 0.25) is 0 Å². The number of nitrogens with zero attached hydrogens (tertiary/aromatic N) is 1. The Morgan fingerprint density at radius 2 is 1.94 bits per heavy atom. The van der Waals surface area contributed by atoms with Gasteiger partial charge in [0, 0.05) is 11.1 Å². The van der Waals surface area contributed by atoms with E-state index in [-0.39, 0.29) is 22.8 Å². The minimum absolute atomic E-state index is 0.0909. The lowest BCUT2D eigenvalue weighted by molar-refractivity contribution is 0.104. The van der Waals surface area contributed by atoms with Crippen molar-refractivity contribution in [3.8, 4) is 0 Å². The zero-order valence-corrected chi connectivity index (χ0v) is 9.47. The van der Waals surface area contributed by atoms with Gasteiger partial charge in [-0.1, -0.05) is 42.8 Å². The fraction of sp³-hybridized carbons (Fsp3) is 0.231. The summed E-state index contributed by atoms with van der Waals surface area (Å²) in [5.74, 6) is -0.369. The van der Waals surface area contributed by atoms with Crippen LogP contribution in [0, 0.1) is 0 Å². The number of hydrogen-bond donors (Lipinski definition) is 2. The largest absolute Gasteiger partial charge is 0.506 e. The maximum absolute atomic E-state index is 12.1. The lowest BCUT2D eigenvalue weighted by Gasteiger charge is -2.02. The predicted molar refractivity (Wildman–Crippen MR) is 64.5 cm³/mol. The molecule has 0 aliphatic heterocycles. The number of aliphatic hydroxyl groups is 1. The van der Waals surface area contributed by atoms with Crippen molar-refractivity contribution in [2.75, 3.05) is 0 Å². The van der Waals surface area contributed by atoms with E-state index >= 15 is 0 Å². The highest BCUT2D eigenvalue weighted by atomic mass is 16.4. The van der Waals surface area contributed by atoms with E-state index in [2.05, 4.69) is 5.16 Å². The maximum Gasteiger partial charge on any atom is 0.199 e. The molecule has 0 unspecified atom stereocenters. The van der Waals surface area contributed by atoms with Gasteiger partial charge in [-0.05, 0) is 6.42 Å². The summed E-state index contributed by atoms with van der Waals surface area (Å²) in [5.41, 5.74) is 1.32. The molecule has 17 heavy (non-hydrogen) atoms. The molecular formula is C13H13NO3. The fourth-order valence-corrected chi connectivity index (χ4v) is 1.99. The molecule has 0 amide bonds. The molecular weight excluding hydrogens is 218 g/mol. The Balaban J connectivity index is 2.52. The molecule has 4 nitrogen and oxygen atoms in total. The van der Waals surface area contributed by atoms with E-state index in [0.29, 0.717) is 17.5 Å². The number of aliphatic hydroxyl groups excluding tert-OH is 1. The van der Waals surface area contributed by atoms with Crippen LogP contribution in [-0.2, 0) is 0 Å². The second kappa shape index (κ2) is 4.41. The predicted octanol–water partition coefficient (Wildman–Crippen LogP) is 2.78. The van der Waals surface area contributed by atoms with Gasteiger partial charge in [-0.3, -0.25) is 4.79 Å². The third-order valence-electron chi connectivity index (χ3n) is 2.79. The van der Waals surface area contributed by atoms with Gasteiger partial charge < -0.3 is 10.3 Å². The average Bonchev–Trinajstić information content (AvgIpc) is 2.61.